The van der Waals surface area contributed by atoms with E-state index in [2.05, 4.69) is 47.5 Å². The minimum absolute atomic E-state index is 0.0493. The topological polar surface area (TPSA) is 32.3 Å². The number of benzene rings is 1. The predicted octanol–water partition coefficient (Wildman–Crippen LogP) is 2.86. The summed E-state index contributed by atoms with van der Waals surface area (Å²) in [6.45, 7) is 4.28. The van der Waals surface area contributed by atoms with Crippen molar-refractivity contribution >= 4 is 12.0 Å². The second-order valence-electron chi connectivity index (χ2n) is 7.03. The first kappa shape index (κ1) is 12.7. The van der Waals surface area contributed by atoms with Gasteiger partial charge in [0.2, 0.25) is 0 Å². The third-order valence-electron chi connectivity index (χ3n) is 6.32. The molecular weight excluding hydrogens is 272 g/mol. The van der Waals surface area contributed by atoms with Crippen LogP contribution >= 0.6 is 0 Å². The van der Waals surface area contributed by atoms with Crippen molar-refractivity contribution in [2.45, 2.75) is 31.2 Å². The summed E-state index contributed by atoms with van der Waals surface area (Å²) in [5.74, 6) is 0.299. The molecule has 2 fully saturated rings. The maximum atomic E-state index is 12.0. The molecule has 1 aliphatic carbocycles. The Hall–Kier alpha value is -1.87. The van der Waals surface area contributed by atoms with Gasteiger partial charge in [-0.15, -0.1) is 0 Å². The average Bonchev–Trinajstić information content (AvgIpc) is 3.08. The van der Waals surface area contributed by atoms with Gasteiger partial charge in [-0.2, -0.15) is 0 Å². The van der Waals surface area contributed by atoms with E-state index in [9.17, 15) is 4.79 Å². The number of nitrogens with one attached hydrogen (secondary N) is 1. The largest absolute Gasteiger partial charge is 0.358 e. The molecule has 112 valence electrons. The highest BCUT2D eigenvalue weighted by atomic mass is 16.1. The number of carbonyl (C=O) groups excluding carboxylic acids is 1. The molecule has 3 aliphatic heterocycles. The molecule has 4 aliphatic rings. The fraction of sp³-hybridized carbons (Fsp3) is 0.421. The molecule has 3 unspecified atom stereocenters. The van der Waals surface area contributed by atoms with Gasteiger partial charge in [-0.25, -0.2) is 0 Å². The van der Waals surface area contributed by atoms with Crippen LogP contribution in [-0.2, 0) is 10.2 Å². The molecule has 1 N–H and O–H groups in total. The van der Waals surface area contributed by atoms with E-state index in [0.29, 0.717) is 12.0 Å². The van der Waals surface area contributed by atoms with E-state index in [-0.39, 0.29) is 5.41 Å². The van der Waals surface area contributed by atoms with Gasteiger partial charge in [-0.1, -0.05) is 29.8 Å². The van der Waals surface area contributed by atoms with Crippen molar-refractivity contribution in [2.75, 3.05) is 18.4 Å². The molecule has 2 saturated heterocycles. The SMILES string of the molecule is C/C=C1\CN2CCC34CC2C1C(C=O)=C3Nc1ccccc14. The summed E-state index contributed by atoms with van der Waals surface area (Å²) in [7, 11) is 0. The fourth-order valence-electron chi connectivity index (χ4n) is 5.38. The molecule has 0 amide bonds. The van der Waals surface area contributed by atoms with Crippen LogP contribution in [0.3, 0.4) is 0 Å². The number of anilines is 1. The van der Waals surface area contributed by atoms with Gasteiger partial charge < -0.3 is 5.32 Å². The molecule has 1 aromatic rings. The lowest BCUT2D eigenvalue weighted by Crippen LogP contribution is -2.52. The van der Waals surface area contributed by atoms with Crippen LogP contribution in [0, 0.1) is 5.92 Å². The van der Waals surface area contributed by atoms with E-state index < -0.39 is 0 Å². The lowest BCUT2D eigenvalue weighted by molar-refractivity contribution is -0.105. The van der Waals surface area contributed by atoms with Gasteiger partial charge in [0.15, 0.2) is 0 Å². The lowest BCUT2D eigenvalue weighted by atomic mass is 9.62. The molecule has 5 rings (SSSR count). The summed E-state index contributed by atoms with van der Waals surface area (Å²) in [5, 5.41) is 3.61. The summed E-state index contributed by atoms with van der Waals surface area (Å²) in [4.78, 5) is 14.6. The molecule has 3 heteroatoms. The van der Waals surface area contributed by atoms with E-state index in [0.717, 1.165) is 37.8 Å². The first-order chi connectivity index (χ1) is 10.8. The van der Waals surface area contributed by atoms with Crippen LogP contribution in [0.4, 0.5) is 5.69 Å². The van der Waals surface area contributed by atoms with Gasteiger partial charge in [-0.3, -0.25) is 9.69 Å². The second kappa shape index (κ2) is 4.11. The van der Waals surface area contributed by atoms with Crippen LogP contribution in [0.25, 0.3) is 0 Å². The molecule has 0 radical (unpaired) electrons. The van der Waals surface area contributed by atoms with Crippen molar-refractivity contribution in [3.8, 4) is 0 Å². The molecule has 0 aromatic heterocycles. The molecule has 2 bridgehead atoms. The number of fused-ring (bicyclic) bond motifs is 1. The van der Waals surface area contributed by atoms with Crippen LogP contribution in [0.2, 0.25) is 0 Å². The van der Waals surface area contributed by atoms with E-state index in [1.54, 1.807) is 0 Å². The molecule has 1 aromatic carbocycles. The maximum absolute atomic E-state index is 12.0. The number of aldehydes is 1. The molecule has 22 heavy (non-hydrogen) atoms. The summed E-state index contributed by atoms with van der Waals surface area (Å²) in [6.07, 6.45) is 5.61. The Balaban J connectivity index is 1.80. The fourth-order valence-corrected chi connectivity index (χ4v) is 5.38. The summed E-state index contributed by atoms with van der Waals surface area (Å²) in [6, 6.07) is 9.10. The van der Waals surface area contributed by atoms with Crippen molar-refractivity contribution in [2.24, 2.45) is 5.92 Å². The van der Waals surface area contributed by atoms with Gasteiger partial charge in [-0.05, 0) is 31.4 Å². The standard InChI is InChI=1S/C19H20N2O/c1-2-12-10-21-8-7-19-9-16(21)17(12)13(11-22)18(19)20-15-6-4-3-5-14(15)19/h2-6,11,16-17,20H,7-10H2,1H3/b12-2+. The normalized spacial score (nSPS) is 37.0. The molecule has 1 spiro atoms. The first-order valence-electron chi connectivity index (χ1n) is 8.24. The number of para-hydroxylation sites is 1. The Labute approximate surface area is 130 Å². The minimum atomic E-state index is 0.0493. The molecule has 3 nitrogen and oxygen atoms in total. The third kappa shape index (κ3) is 1.29. The van der Waals surface area contributed by atoms with Crippen molar-refractivity contribution in [1.82, 2.24) is 4.90 Å². The highest BCUT2D eigenvalue weighted by Crippen LogP contribution is 2.59. The average molecular weight is 292 g/mol. The summed E-state index contributed by atoms with van der Waals surface area (Å²) < 4.78 is 0. The monoisotopic (exact) mass is 292 g/mol. The van der Waals surface area contributed by atoms with Crippen molar-refractivity contribution in [3.05, 3.63) is 52.7 Å². The van der Waals surface area contributed by atoms with Crippen molar-refractivity contribution in [1.29, 1.82) is 0 Å². The number of carbonyl (C=O) groups is 1. The zero-order valence-electron chi connectivity index (χ0n) is 12.8. The van der Waals surface area contributed by atoms with Gasteiger partial charge in [0.1, 0.15) is 6.29 Å². The number of nitrogens with zero attached hydrogens (tertiary/aromatic N) is 1. The quantitative estimate of drug-likeness (QED) is 0.638. The zero-order valence-corrected chi connectivity index (χ0v) is 12.8. The second-order valence-corrected chi connectivity index (χ2v) is 7.03. The van der Waals surface area contributed by atoms with Crippen LogP contribution in [0.1, 0.15) is 25.3 Å². The first-order valence-corrected chi connectivity index (χ1v) is 8.24. The number of allylic oxidation sites excluding steroid dienone is 2. The van der Waals surface area contributed by atoms with Crippen molar-refractivity contribution in [3.63, 3.8) is 0 Å². The Kier molecular flexibility index (Phi) is 2.36. The Morgan fingerprint density at radius 2 is 2.23 bits per heavy atom. The van der Waals surface area contributed by atoms with Crippen LogP contribution in [-0.4, -0.2) is 30.3 Å². The number of piperidine rings is 1. The molecule has 0 saturated carbocycles. The Morgan fingerprint density at radius 1 is 1.36 bits per heavy atom. The molecular formula is C19H20N2O. The number of rotatable bonds is 1. The van der Waals surface area contributed by atoms with Crippen LogP contribution in [0.5, 0.6) is 0 Å². The minimum Gasteiger partial charge on any atom is -0.358 e. The van der Waals surface area contributed by atoms with Gasteiger partial charge >= 0.3 is 0 Å². The number of hydrogen-bond donors (Lipinski definition) is 1. The summed E-state index contributed by atoms with van der Waals surface area (Å²) in [5.41, 5.74) is 6.28. The summed E-state index contributed by atoms with van der Waals surface area (Å²) >= 11 is 0. The zero-order chi connectivity index (χ0) is 14.9. The van der Waals surface area contributed by atoms with E-state index in [1.165, 1.54) is 22.5 Å². The van der Waals surface area contributed by atoms with E-state index in [4.69, 9.17) is 0 Å². The van der Waals surface area contributed by atoms with Gasteiger partial charge in [0, 0.05) is 47.4 Å². The maximum Gasteiger partial charge on any atom is 0.148 e. The Bertz CT molecular complexity index is 748. The lowest BCUT2D eigenvalue weighted by Gasteiger charge is -2.48. The Morgan fingerprint density at radius 3 is 3.05 bits per heavy atom. The molecule has 3 heterocycles. The van der Waals surface area contributed by atoms with Crippen LogP contribution < -0.4 is 5.32 Å². The molecule has 3 atom stereocenters. The predicted molar refractivity (Wildman–Crippen MR) is 86.7 cm³/mol. The van der Waals surface area contributed by atoms with Crippen molar-refractivity contribution < 1.29 is 4.79 Å². The van der Waals surface area contributed by atoms with Crippen LogP contribution in [0.15, 0.2) is 47.2 Å². The van der Waals surface area contributed by atoms with E-state index >= 15 is 0 Å². The smallest absolute Gasteiger partial charge is 0.148 e. The highest BCUT2D eigenvalue weighted by molar-refractivity contribution is 5.84. The van der Waals surface area contributed by atoms with Gasteiger partial charge in [0.05, 0.1) is 0 Å². The van der Waals surface area contributed by atoms with E-state index in [1.807, 2.05) is 0 Å². The third-order valence-corrected chi connectivity index (χ3v) is 6.32. The van der Waals surface area contributed by atoms with Gasteiger partial charge in [0.25, 0.3) is 0 Å². The number of hydrogen-bond acceptors (Lipinski definition) is 3. The highest BCUT2D eigenvalue weighted by Gasteiger charge is 2.58.